The summed E-state index contributed by atoms with van der Waals surface area (Å²) in [6, 6.07) is 10.0. The van der Waals surface area contributed by atoms with Crippen LogP contribution in [0.4, 0.5) is 4.79 Å². The molecule has 2 aliphatic rings. The number of aryl methyl sites for hydroxylation is 1. The molecule has 0 saturated heterocycles. The summed E-state index contributed by atoms with van der Waals surface area (Å²) in [6.45, 7) is -0.0475. The zero-order valence-corrected chi connectivity index (χ0v) is 19.8. The predicted octanol–water partition coefficient (Wildman–Crippen LogP) is 2.71. The molecule has 0 unspecified atom stereocenters. The zero-order valence-electron chi connectivity index (χ0n) is 18.9. The number of amides is 1. The van der Waals surface area contributed by atoms with Crippen molar-refractivity contribution in [3.8, 4) is 17.0 Å². The molecular formula is C23H26N4O6S. The Morgan fingerprint density at radius 2 is 1.94 bits per heavy atom. The van der Waals surface area contributed by atoms with Gasteiger partial charge in [0.25, 0.3) is 0 Å². The van der Waals surface area contributed by atoms with Gasteiger partial charge in [0.1, 0.15) is 9.84 Å². The van der Waals surface area contributed by atoms with Crippen molar-refractivity contribution in [2.24, 2.45) is 0 Å². The van der Waals surface area contributed by atoms with Gasteiger partial charge in [-0.1, -0.05) is 18.2 Å². The number of nitrogens with one attached hydrogen (secondary N) is 1. The Bertz CT molecular complexity index is 1360. The summed E-state index contributed by atoms with van der Waals surface area (Å²) in [5, 5.41) is 14.6. The zero-order chi connectivity index (χ0) is 24.5. The predicted molar refractivity (Wildman–Crippen MR) is 125 cm³/mol. The maximum absolute atomic E-state index is 11.9. The highest BCUT2D eigenvalue weighted by molar-refractivity contribution is 7.90. The molecule has 10 nitrogen and oxygen atoms in total. The maximum Gasteiger partial charge on any atom is 0.404 e. The van der Waals surface area contributed by atoms with Crippen molar-refractivity contribution in [1.29, 1.82) is 0 Å². The average Bonchev–Trinajstić information content (AvgIpc) is 3.43. The smallest absolute Gasteiger partial charge is 0.404 e. The fourth-order valence-electron chi connectivity index (χ4n) is 3.82. The number of ketones is 1. The summed E-state index contributed by atoms with van der Waals surface area (Å²) >= 11 is 0. The van der Waals surface area contributed by atoms with Crippen molar-refractivity contribution in [3.63, 3.8) is 0 Å². The number of carboxylic acid groups (broad SMARTS) is 1. The van der Waals surface area contributed by atoms with E-state index in [-0.39, 0.29) is 18.1 Å². The molecule has 5 rings (SSSR count). The minimum atomic E-state index is -3.05. The number of methoxy groups -OCH3 is 1. The van der Waals surface area contributed by atoms with Crippen molar-refractivity contribution >= 4 is 27.4 Å². The first kappa shape index (κ1) is 23.7. The molecule has 1 fully saturated rings. The number of benzene rings is 1. The highest BCUT2D eigenvalue weighted by atomic mass is 32.2. The van der Waals surface area contributed by atoms with Gasteiger partial charge in [0.15, 0.2) is 17.3 Å². The van der Waals surface area contributed by atoms with Gasteiger partial charge < -0.3 is 15.2 Å². The second kappa shape index (κ2) is 9.41. The Labute approximate surface area is 196 Å². The molecule has 3 aromatic rings. The van der Waals surface area contributed by atoms with Gasteiger partial charge in [-0.2, -0.15) is 4.52 Å². The molecule has 34 heavy (non-hydrogen) atoms. The van der Waals surface area contributed by atoms with E-state index in [0.29, 0.717) is 18.2 Å². The first-order chi connectivity index (χ1) is 16.2. The van der Waals surface area contributed by atoms with Gasteiger partial charge in [0.05, 0.1) is 12.9 Å². The molecule has 0 aliphatic heterocycles. The highest BCUT2D eigenvalue weighted by Crippen LogP contribution is 2.39. The molecule has 11 heteroatoms. The fraction of sp³-hybridized carbons (Fsp3) is 0.391. The number of carbonyl (C=O) groups is 2. The maximum atomic E-state index is 11.9. The average molecular weight is 487 g/mol. The summed E-state index contributed by atoms with van der Waals surface area (Å²) in [6.07, 6.45) is 3.62. The van der Waals surface area contributed by atoms with Crippen LogP contribution in [-0.4, -0.2) is 65.7 Å². The van der Waals surface area contributed by atoms with Crippen molar-refractivity contribution in [1.82, 2.24) is 19.9 Å². The van der Waals surface area contributed by atoms with E-state index in [1.54, 1.807) is 11.6 Å². The lowest BCUT2D eigenvalue weighted by Gasteiger charge is -2.08. The van der Waals surface area contributed by atoms with Crippen LogP contribution in [0.1, 0.15) is 46.9 Å². The van der Waals surface area contributed by atoms with E-state index in [1.165, 1.54) is 0 Å². The minimum absolute atomic E-state index is 0.0475. The van der Waals surface area contributed by atoms with Crippen molar-refractivity contribution in [2.45, 2.75) is 31.6 Å². The number of aromatic nitrogens is 3. The number of carbonyl (C=O) groups excluding carboxylic acids is 1. The number of hydrogen-bond acceptors (Lipinski definition) is 7. The van der Waals surface area contributed by atoms with Gasteiger partial charge in [-0.15, -0.1) is 5.10 Å². The summed E-state index contributed by atoms with van der Waals surface area (Å²) in [4.78, 5) is 26.4. The van der Waals surface area contributed by atoms with E-state index in [9.17, 15) is 18.0 Å². The molecule has 2 aliphatic carbocycles. The Morgan fingerprint density at radius 3 is 2.59 bits per heavy atom. The van der Waals surface area contributed by atoms with Crippen LogP contribution in [0.3, 0.4) is 0 Å². The monoisotopic (exact) mass is 486 g/mol. The molecule has 0 atom stereocenters. The largest absolute Gasteiger partial charge is 0.481 e. The normalized spacial score (nSPS) is 14.9. The first-order valence-electron chi connectivity index (χ1n) is 10.9. The van der Waals surface area contributed by atoms with Crippen molar-refractivity contribution < 1.29 is 27.9 Å². The molecule has 0 radical (unpaired) electrons. The number of fused-ring (bicyclic) bond motifs is 2. The molecule has 2 aromatic heterocycles. The molecule has 0 spiro atoms. The van der Waals surface area contributed by atoms with E-state index in [0.717, 1.165) is 59.2 Å². The summed E-state index contributed by atoms with van der Waals surface area (Å²) in [7, 11) is -1.40. The van der Waals surface area contributed by atoms with Gasteiger partial charge in [0, 0.05) is 42.3 Å². The van der Waals surface area contributed by atoms with Crippen molar-refractivity contribution in [2.75, 3.05) is 25.7 Å². The standard InChI is InChI=1S/C19H17N3O2.C4H9NO4S/c1-24-17-9-7-15(19-20-18(11-2-3-11)21-22(17)19)13-4-6-14-12(10-13)5-8-16(14)23;1-10(8,9)3-2-5-4(6)7/h4,6-7,9-11H,2-3,5,8H2,1H3;5H,2-3H2,1H3,(H,6,7). The number of sulfone groups is 1. The molecule has 1 amide bonds. The lowest BCUT2D eigenvalue weighted by molar-refractivity contribution is 0.0994. The number of Topliss-reactive ketones (excluding diaryl/α,β-unsaturated/α-hetero) is 1. The van der Waals surface area contributed by atoms with Crippen molar-refractivity contribution in [3.05, 3.63) is 47.3 Å². The molecule has 2 N–H and O–H groups in total. The van der Waals surface area contributed by atoms with E-state index in [4.69, 9.17) is 14.8 Å². The number of nitrogens with zero attached hydrogens (tertiary/aromatic N) is 3. The van der Waals surface area contributed by atoms with Crippen LogP contribution < -0.4 is 10.1 Å². The SMILES string of the molecule is COc1ccc(-c2ccc3c(c2)CCC3=O)c2nc(C3CC3)nn12.CS(=O)(=O)CCNC(=O)O. The third kappa shape index (κ3) is 5.36. The fourth-order valence-corrected chi connectivity index (χ4v) is 4.29. The van der Waals surface area contributed by atoms with Crippen LogP contribution in [0, 0.1) is 0 Å². The molecule has 1 saturated carbocycles. The van der Waals surface area contributed by atoms with Crippen LogP contribution in [-0.2, 0) is 16.3 Å². The molecule has 1 aromatic carbocycles. The molecule has 180 valence electrons. The lowest BCUT2D eigenvalue weighted by Crippen LogP contribution is -2.26. The first-order valence-corrected chi connectivity index (χ1v) is 13.0. The van der Waals surface area contributed by atoms with E-state index < -0.39 is 15.9 Å². The lowest BCUT2D eigenvalue weighted by atomic mass is 10.0. The summed E-state index contributed by atoms with van der Waals surface area (Å²) in [5.41, 5.74) is 4.92. The van der Waals surface area contributed by atoms with Crippen LogP contribution >= 0.6 is 0 Å². The van der Waals surface area contributed by atoms with Crippen LogP contribution in [0.15, 0.2) is 30.3 Å². The Kier molecular flexibility index (Phi) is 6.56. The highest BCUT2D eigenvalue weighted by Gasteiger charge is 2.29. The minimum Gasteiger partial charge on any atom is -0.481 e. The molecule has 0 bridgehead atoms. The number of hydrogen-bond donors (Lipinski definition) is 2. The third-order valence-electron chi connectivity index (χ3n) is 5.70. The quantitative estimate of drug-likeness (QED) is 0.542. The van der Waals surface area contributed by atoms with E-state index >= 15 is 0 Å². The Balaban J connectivity index is 0.000000235. The Hall–Kier alpha value is -3.47. The van der Waals surface area contributed by atoms with E-state index in [2.05, 4.69) is 11.2 Å². The molecule has 2 heterocycles. The van der Waals surface area contributed by atoms with Crippen LogP contribution in [0.25, 0.3) is 16.8 Å². The second-order valence-corrected chi connectivity index (χ2v) is 10.7. The van der Waals surface area contributed by atoms with Gasteiger partial charge in [-0.3, -0.25) is 4.79 Å². The number of ether oxygens (including phenoxy) is 1. The van der Waals surface area contributed by atoms with Gasteiger partial charge in [-0.05, 0) is 36.5 Å². The topological polar surface area (TPSA) is 140 Å². The second-order valence-electron chi connectivity index (χ2n) is 8.43. The third-order valence-corrected chi connectivity index (χ3v) is 6.65. The van der Waals surface area contributed by atoms with Gasteiger partial charge in [0.2, 0.25) is 5.88 Å². The summed E-state index contributed by atoms with van der Waals surface area (Å²) in [5.74, 6) is 2.16. The Morgan fingerprint density at radius 1 is 1.21 bits per heavy atom. The van der Waals surface area contributed by atoms with Gasteiger partial charge in [-0.25, -0.2) is 18.2 Å². The van der Waals surface area contributed by atoms with Crippen LogP contribution in [0.5, 0.6) is 5.88 Å². The number of pyridine rings is 1. The van der Waals surface area contributed by atoms with Gasteiger partial charge >= 0.3 is 6.09 Å². The number of rotatable bonds is 6. The van der Waals surface area contributed by atoms with Crippen LogP contribution in [0.2, 0.25) is 0 Å². The summed E-state index contributed by atoms with van der Waals surface area (Å²) < 4.78 is 28.0. The molecular weight excluding hydrogens is 460 g/mol. The van der Waals surface area contributed by atoms with E-state index in [1.807, 2.05) is 29.6 Å².